The topological polar surface area (TPSA) is 8.17 Å². The Morgan fingerprint density at radius 2 is 1.59 bits per heavy atom. The van der Waals surface area contributed by atoms with E-state index in [0.717, 1.165) is 29.4 Å². The zero-order valence-electron chi connectivity index (χ0n) is 25.5. The van der Waals surface area contributed by atoms with Gasteiger partial charge < -0.3 is 9.47 Å². The second kappa shape index (κ2) is 9.85. The van der Waals surface area contributed by atoms with Gasteiger partial charge in [0.2, 0.25) is 0 Å². The average molecular weight is 607 g/mol. The van der Waals surface area contributed by atoms with Crippen molar-refractivity contribution < 1.29 is 0 Å². The molecule has 0 amide bonds. The fraction of sp³-hybridized carbons (Fsp3) is 0.116. The third kappa shape index (κ3) is 3.59. The van der Waals surface area contributed by atoms with Crippen molar-refractivity contribution in [2.45, 2.75) is 31.7 Å². The van der Waals surface area contributed by atoms with Crippen molar-refractivity contribution in [3.63, 3.8) is 0 Å². The van der Waals surface area contributed by atoms with Crippen LogP contribution in [0, 0.1) is 19.1 Å². The van der Waals surface area contributed by atoms with E-state index in [2.05, 4.69) is 156 Å². The standard InChI is InChI=1S/C43H30N2S/c1-27-12-11-20-38(45-35-18-8-5-15-30(35)31-16-6-9-19-36(31)45)41(27)28-22-24-37-34(26-28)42-39(44(37)29-13-3-2-4-14-29)25-23-33-32-17-7-10-21-40(32)46-43(33)42/h2-8,10-18,20-22,24,26,31,36H,9,19H2,1H3. The first-order valence-corrected chi connectivity index (χ1v) is 17.0. The molecule has 2 aromatic heterocycles. The lowest BCUT2D eigenvalue weighted by atomic mass is 9.87. The number of benzene rings is 5. The molecule has 0 radical (unpaired) electrons. The number of hydrogen-bond acceptors (Lipinski definition) is 2. The van der Waals surface area contributed by atoms with Crippen LogP contribution in [0.25, 0.3) is 58.8 Å². The van der Waals surface area contributed by atoms with Crippen LogP contribution in [0.1, 0.15) is 29.9 Å². The van der Waals surface area contributed by atoms with Crippen LogP contribution in [0.4, 0.5) is 11.4 Å². The predicted molar refractivity (Wildman–Crippen MR) is 195 cm³/mol. The van der Waals surface area contributed by atoms with Crippen molar-refractivity contribution in [1.29, 1.82) is 0 Å². The number of nitrogens with zero attached hydrogens (tertiary/aromatic N) is 2. The Morgan fingerprint density at radius 3 is 2.52 bits per heavy atom. The smallest absolute Gasteiger partial charge is 0.107 e. The van der Waals surface area contributed by atoms with Crippen LogP contribution in [-0.4, -0.2) is 10.6 Å². The lowest BCUT2D eigenvalue weighted by Crippen LogP contribution is -2.31. The normalized spacial score (nSPS) is 17.2. The van der Waals surface area contributed by atoms with Crippen LogP contribution in [0.5, 0.6) is 0 Å². The maximum absolute atomic E-state index is 3.63. The number of thiophene rings is 1. The molecule has 6 aromatic carbocycles. The van der Waals surface area contributed by atoms with E-state index in [4.69, 9.17) is 0 Å². The van der Waals surface area contributed by atoms with Crippen LogP contribution >= 0.6 is 11.3 Å². The number of aryl methyl sites for hydroxylation is 1. The van der Waals surface area contributed by atoms with Gasteiger partial charge in [0.05, 0.1) is 15.6 Å². The first-order chi connectivity index (χ1) is 22.8. The third-order valence-corrected chi connectivity index (χ3v) is 11.4. The summed E-state index contributed by atoms with van der Waals surface area (Å²) in [5, 5.41) is 4.93. The molecule has 0 N–H and O–H groups in total. The molecule has 10 rings (SSSR count). The number of fused-ring (bicyclic) bond motifs is 10. The lowest BCUT2D eigenvalue weighted by Gasteiger charge is -2.33. The van der Waals surface area contributed by atoms with E-state index >= 15 is 0 Å². The Bertz CT molecular complexity index is 2510. The van der Waals surface area contributed by atoms with Gasteiger partial charge in [0.15, 0.2) is 0 Å². The average Bonchev–Trinajstić information content (AvgIpc) is 3.76. The quantitative estimate of drug-likeness (QED) is 0.182. The van der Waals surface area contributed by atoms with Gasteiger partial charge in [-0.25, -0.2) is 0 Å². The highest BCUT2D eigenvalue weighted by Crippen LogP contribution is 2.52. The maximum atomic E-state index is 3.63. The fourth-order valence-electron chi connectivity index (χ4n) is 8.23. The third-order valence-electron chi connectivity index (χ3n) is 10.2. The van der Waals surface area contributed by atoms with Crippen molar-refractivity contribution in [3.8, 4) is 16.8 Å². The Labute approximate surface area is 272 Å². The molecule has 0 saturated heterocycles. The van der Waals surface area contributed by atoms with Gasteiger partial charge in [0.25, 0.3) is 0 Å². The van der Waals surface area contributed by atoms with Gasteiger partial charge in [-0.3, -0.25) is 0 Å². The lowest BCUT2D eigenvalue weighted by molar-refractivity contribution is 0.565. The monoisotopic (exact) mass is 606 g/mol. The number of anilines is 2. The summed E-state index contributed by atoms with van der Waals surface area (Å²) in [5.74, 6) is 0.428. The zero-order valence-corrected chi connectivity index (χ0v) is 26.3. The van der Waals surface area contributed by atoms with E-state index in [0.29, 0.717) is 12.0 Å². The molecule has 0 spiro atoms. The molecule has 46 heavy (non-hydrogen) atoms. The number of para-hydroxylation sites is 2. The molecular formula is C43H30N2S. The van der Waals surface area contributed by atoms with Gasteiger partial charge >= 0.3 is 0 Å². The number of aromatic nitrogens is 1. The van der Waals surface area contributed by atoms with Crippen molar-refractivity contribution in [2.75, 3.05) is 4.90 Å². The molecule has 1 aliphatic heterocycles. The van der Waals surface area contributed by atoms with Gasteiger partial charge in [-0.05, 0) is 85.0 Å². The van der Waals surface area contributed by atoms with Crippen LogP contribution in [0.15, 0.2) is 127 Å². The van der Waals surface area contributed by atoms with Crippen molar-refractivity contribution in [1.82, 2.24) is 4.57 Å². The van der Waals surface area contributed by atoms with Gasteiger partial charge in [-0.1, -0.05) is 91.0 Å². The summed E-state index contributed by atoms with van der Waals surface area (Å²) in [4.78, 5) is 2.65. The van der Waals surface area contributed by atoms with E-state index in [1.807, 2.05) is 11.3 Å². The Morgan fingerprint density at radius 1 is 0.761 bits per heavy atom. The second-order valence-electron chi connectivity index (χ2n) is 12.7. The molecule has 3 heteroatoms. The van der Waals surface area contributed by atoms with E-state index < -0.39 is 0 Å². The van der Waals surface area contributed by atoms with Crippen molar-refractivity contribution in [2.24, 2.45) is 0 Å². The number of allylic oxidation sites excluding steroid dienone is 1. The first kappa shape index (κ1) is 26.0. The Hall–Kier alpha value is -5.30. The molecule has 2 unspecified atom stereocenters. The van der Waals surface area contributed by atoms with Gasteiger partial charge in [-0.15, -0.1) is 11.3 Å². The van der Waals surface area contributed by atoms with Gasteiger partial charge in [0.1, 0.15) is 5.52 Å². The molecule has 0 bridgehead atoms. The largest absolute Gasteiger partial charge is 0.337 e. The molecule has 2 aliphatic rings. The molecule has 2 nitrogen and oxygen atoms in total. The summed E-state index contributed by atoms with van der Waals surface area (Å²) in [6.07, 6.45) is 7.09. The van der Waals surface area contributed by atoms with Crippen LogP contribution < -0.4 is 4.90 Å². The minimum absolute atomic E-state index is 0.426. The van der Waals surface area contributed by atoms with Crippen molar-refractivity contribution in [3.05, 3.63) is 151 Å². The highest BCUT2D eigenvalue weighted by Gasteiger charge is 2.39. The van der Waals surface area contributed by atoms with E-state index in [-0.39, 0.29) is 0 Å². The Balaban J connectivity index is 1.27. The van der Waals surface area contributed by atoms with Crippen LogP contribution in [0.3, 0.4) is 0 Å². The highest BCUT2D eigenvalue weighted by atomic mass is 32.1. The summed E-state index contributed by atoms with van der Waals surface area (Å²) in [5.41, 5.74) is 11.4. The number of rotatable bonds is 3. The summed E-state index contributed by atoms with van der Waals surface area (Å²) in [6, 6.07) is 50.0. The summed E-state index contributed by atoms with van der Waals surface area (Å²) >= 11 is 1.87. The maximum Gasteiger partial charge on any atom is 0.107 e. The van der Waals surface area contributed by atoms with Crippen LogP contribution in [-0.2, 0) is 0 Å². The molecule has 218 valence electrons. The molecule has 3 heterocycles. The fourth-order valence-corrected chi connectivity index (χ4v) is 9.45. The summed E-state index contributed by atoms with van der Waals surface area (Å²) in [6.45, 7) is 2.27. The SMILES string of the molecule is Cc1cccc(N2c3ccccc3C3C=CCCC32)c1-c1ccc2c(c1)c1c3sc4ccccc4c3c#cc1n2-c1ccccc1. The predicted octanol–water partition coefficient (Wildman–Crippen LogP) is 11.7. The highest BCUT2D eigenvalue weighted by molar-refractivity contribution is 7.26. The van der Waals surface area contributed by atoms with Gasteiger partial charge in [0, 0.05) is 55.4 Å². The molecule has 2 atom stereocenters. The van der Waals surface area contributed by atoms with Crippen molar-refractivity contribution >= 4 is 64.7 Å². The first-order valence-electron chi connectivity index (χ1n) is 16.2. The van der Waals surface area contributed by atoms with Gasteiger partial charge in [-0.2, -0.15) is 0 Å². The number of hydrogen-bond donors (Lipinski definition) is 0. The Kier molecular flexibility index (Phi) is 5.56. The molecule has 8 aromatic rings. The molecular weight excluding hydrogens is 577 g/mol. The molecule has 0 fully saturated rings. The van der Waals surface area contributed by atoms with E-state index in [1.165, 1.54) is 64.7 Å². The van der Waals surface area contributed by atoms with Crippen LogP contribution in [0.2, 0.25) is 0 Å². The second-order valence-corrected chi connectivity index (χ2v) is 13.7. The van der Waals surface area contributed by atoms with E-state index in [9.17, 15) is 0 Å². The summed E-state index contributed by atoms with van der Waals surface area (Å²) < 4.78 is 4.93. The minimum atomic E-state index is 0.426. The zero-order chi connectivity index (χ0) is 30.4. The molecule has 0 saturated carbocycles. The minimum Gasteiger partial charge on any atom is -0.337 e. The summed E-state index contributed by atoms with van der Waals surface area (Å²) in [7, 11) is 0. The molecule has 1 aliphatic carbocycles. The van der Waals surface area contributed by atoms with E-state index in [1.54, 1.807) is 0 Å².